The van der Waals surface area contributed by atoms with Crippen LogP contribution < -0.4 is 5.32 Å². The second-order valence-electron chi connectivity index (χ2n) is 4.45. The lowest BCUT2D eigenvalue weighted by Gasteiger charge is -2.34. The second-order valence-corrected chi connectivity index (χ2v) is 4.45. The lowest BCUT2D eigenvalue weighted by molar-refractivity contribution is -0.00992. The summed E-state index contributed by atoms with van der Waals surface area (Å²) in [6.45, 7) is 3.03. The van der Waals surface area contributed by atoms with Gasteiger partial charge in [-0.1, -0.05) is 30.3 Å². The fourth-order valence-corrected chi connectivity index (χ4v) is 1.99. The van der Waals surface area contributed by atoms with Crippen molar-refractivity contribution in [3.63, 3.8) is 0 Å². The highest BCUT2D eigenvalue weighted by molar-refractivity contribution is 5.67. The van der Waals surface area contributed by atoms with Crippen molar-refractivity contribution in [2.24, 2.45) is 0 Å². The van der Waals surface area contributed by atoms with Crippen LogP contribution in [0.15, 0.2) is 30.3 Å². The lowest BCUT2D eigenvalue weighted by Crippen LogP contribution is -2.47. The van der Waals surface area contributed by atoms with E-state index in [0.29, 0.717) is 12.7 Å². The summed E-state index contributed by atoms with van der Waals surface area (Å²) in [5.41, 5.74) is 0.994. The van der Waals surface area contributed by atoms with Crippen molar-refractivity contribution in [3.05, 3.63) is 35.9 Å². The predicted molar refractivity (Wildman–Crippen MR) is 68.2 cm³/mol. The van der Waals surface area contributed by atoms with Crippen molar-refractivity contribution >= 4 is 6.09 Å². The van der Waals surface area contributed by atoms with Crippen molar-refractivity contribution < 1.29 is 14.3 Å². The fourth-order valence-electron chi connectivity index (χ4n) is 1.99. The van der Waals surface area contributed by atoms with E-state index in [4.69, 9.17) is 9.47 Å². The minimum Gasteiger partial charge on any atom is -0.445 e. The van der Waals surface area contributed by atoms with Crippen LogP contribution in [0.1, 0.15) is 25.3 Å². The van der Waals surface area contributed by atoms with Crippen LogP contribution >= 0.6 is 0 Å². The maximum atomic E-state index is 11.5. The molecule has 2 rings (SSSR count). The van der Waals surface area contributed by atoms with Gasteiger partial charge in [-0.3, -0.25) is 0 Å². The first-order valence-corrected chi connectivity index (χ1v) is 6.36. The Labute approximate surface area is 107 Å². The zero-order valence-corrected chi connectivity index (χ0v) is 10.6. The van der Waals surface area contributed by atoms with Crippen LogP contribution in [0.3, 0.4) is 0 Å². The van der Waals surface area contributed by atoms with E-state index in [-0.39, 0.29) is 12.1 Å². The minimum absolute atomic E-state index is 0.199. The summed E-state index contributed by atoms with van der Waals surface area (Å²) in [7, 11) is 0. The predicted octanol–water partition coefficient (Wildman–Crippen LogP) is 2.48. The van der Waals surface area contributed by atoms with E-state index in [9.17, 15) is 4.79 Å². The number of carbonyl (C=O) groups is 1. The highest BCUT2D eigenvalue weighted by Gasteiger charge is 2.30. The molecule has 0 heterocycles. The Morgan fingerprint density at radius 3 is 2.72 bits per heavy atom. The van der Waals surface area contributed by atoms with Crippen molar-refractivity contribution in [3.8, 4) is 0 Å². The van der Waals surface area contributed by atoms with Crippen LogP contribution in [0.2, 0.25) is 0 Å². The van der Waals surface area contributed by atoms with Crippen molar-refractivity contribution in [1.29, 1.82) is 0 Å². The molecule has 1 fully saturated rings. The zero-order valence-electron chi connectivity index (χ0n) is 10.6. The van der Waals surface area contributed by atoms with Crippen LogP contribution in [0.5, 0.6) is 0 Å². The molecule has 98 valence electrons. The van der Waals surface area contributed by atoms with E-state index in [1.165, 1.54) is 0 Å². The molecule has 0 radical (unpaired) electrons. The van der Waals surface area contributed by atoms with Crippen LogP contribution in [0, 0.1) is 0 Å². The molecule has 4 heteroatoms. The van der Waals surface area contributed by atoms with Gasteiger partial charge in [0.15, 0.2) is 0 Å². The monoisotopic (exact) mass is 249 g/mol. The Kier molecular flexibility index (Phi) is 4.59. The molecule has 1 aromatic carbocycles. The topological polar surface area (TPSA) is 47.6 Å². The van der Waals surface area contributed by atoms with Crippen molar-refractivity contribution in [2.45, 2.75) is 38.5 Å². The smallest absolute Gasteiger partial charge is 0.407 e. The van der Waals surface area contributed by atoms with Gasteiger partial charge in [0.1, 0.15) is 6.61 Å². The molecular formula is C14H19NO3. The fraction of sp³-hybridized carbons (Fsp3) is 0.500. The number of nitrogens with one attached hydrogen (secondary N) is 1. The van der Waals surface area contributed by atoms with Gasteiger partial charge in [0.05, 0.1) is 6.10 Å². The summed E-state index contributed by atoms with van der Waals surface area (Å²) in [5.74, 6) is 0. The average molecular weight is 249 g/mol. The van der Waals surface area contributed by atoms with Crippen molar-refractivity contribution in [2.75, 3.05) is 6.61 Å². The molecule has 0 atom stereocenters. The number of benzene rings is 1. The minimum atomic E-state index is -0.348. The van der Waals surface area contributed by atoms with Crippen LogP contribution in [-0.4, -0.2) is 24.8 Å². The molecule has 0 unspecified atom stereocenters. The summed E-state index contributed by atoms with van der Waals surface area (Å²) in [6.07, 6.45) is 1.72. The van der Waals surface area contributed by atoms with E-state index in [2.05, 4.69) is 5.32 Å². The maximum absolute atomic E-state index is 11.5. The molecular weight excluding hydrogens is 230 g/mol. The van der Waals surface area contributed by atoms with Gasteiger partial charge < -0.3 is 14.8 Å². The second kappa shape index (κ2) is 6.40. The molecule has 0 bridgehead atoms. The van der Waals surface area contributed by atoms with E-state index in [1.54, 1.807) is 0 Å². The summed E-state index contributed by atoms with van der Waals surface area (Å²) in [6, 6.07) is 9.85. The number of hydrogen-bond donors (Lipinski definition) is 1. The largest absolute Gasteiger partial charge is 0.445 e. The highest BCUT2D eigenvalue weighted by Crippen LogP contribution is 2.23. The Balaban J connectivity index is 1.62. The molecule has 1 N–H and O–H groups in total. The molecule has 1 aromatic rings. The summed E-state index contributed by atoms with van der Waals surface area (Å²) < 4.78 is 10.6. The number of ether oxygens (including phenoxy) is 2. The number of amides is 1. The van der Waals surface area contributed by atoms with E-state index in [0.717, 1.165) is 25.0 Å². The van der Waals surface area contributed by atoms with Gasteiger partial charge in [0, 0.05) is 12.6 Å². The van der Waals surface area contributed by atoms with Gasteiger partial charge in [0.25, 0.3) is 0 Å². The molecule has 0 aliphatic heterocycles. The Morgan fingerprint density at radius 1 is 1.33 bits per heavy atom. The number of rotatable bonds is 5. The molecule has 0 aromatic heterocycles. The molecule has 0 saturated heterocycles. The molecule has 1 aliphatic carbocycles. The van der Waals surface area contributed by atoms with Crippen LogP contribution in [-0.2, 0) is 16.1 Å². The lowest BCUT2D eigenvalue weighted by atomic mass is 9.89. The molecule has 1 amide bonds. The number of hydrogen-bond acceptors (Lipinski definition) is 3. The Morgan fingerprint density at radius 2 is 2.06 bits per heavy atom. The van der Waals surface area contributed by atoms with Gasteiger partial charge in [-0.15, -0.1) is 0 Å². The van der Waals surface area contributed by atoms with Gasteiger partial charge in [-0.25, -0.2) is 4.79 Å². The van der Waals surface area contributed by atoms with Gasteiger partial charge >= 0.3 is 6.09 Å². The third-order valence-corrected chi connectivity index (χ3v) is 3.03. The van der Waals surface area contributed by atoms with Crippen LogP contribution in [0.25, 0.3) is 0 Å². The molecule has 1 aliphatic rings. The number of carbonyl (C=O) groups excluding carboxylic acids is 1. The van der Waals surface area contributed by atoms with Gasteiger partial charge in [-0.2, -0.15) is 0 Å². The third-order valence-electron chi connectivity index (χ3n) is 3.03. The van der Waals surface area contributed by atoms with E-state index < -0.39 is 0 Å². The number of alkyl carbamates (subject to hydrolysis) is 1. The van der Waals surface area contributed by atoms with E-state index in [1.807, 2.05) is 37.3 Å². The third kappa shape index (κ3) is 3.74. The van der Waals surface area contributed by atoms with Crippen LogP contribution in [0.4, 0.5) is 4.79 Å². The first-order valence-electron chi connectivity index (χ1n) is 6.36. The quantitative estimate of drug-likeness (QED) is 0.872. The first-order chi connectivity index (χ1) is 8.78. The molecule has 18 heavy (non-hydrogen) atoms. The summed E-state index contributed by atoms with van der Waals surface area (Å²) >= 11 is 0. The standard InChI is InChI=1S/C14H19NO3/c1-2-17-13-8-12(9-13)15-14(16)18-10-11-6-4-3-5-7-11/h3-7,12-13H,2,8-10H2,1H3,(H,15,16). The SMILES string of the molecule is CCOC1CC(NC(=O)OCc2ccccc2)C1. The van der Waals surface area contributed by atoms with Gasteiger partial charge in [-0.05, 0) is 25.3 Å². The Hall–Kier alpha value is -1.55. The van der Waals surface area contributed by atoms with E-state index >= 15 is 0 Å². The maximum Gasteiger partial charge on any atom is 0.407 e. The highest BCUT2D eigenvalue weighted by atomic mass is 16.5. The first kappa shape index (κ1) is 12.9. The zero-order chi connectivity index (χ0) is 12.8. The Bertz CT molecular complexity index is 374. The summed E-state index contributed by atoms with van der Waals surface area (Å²) in [5, 5.41) is 2.83. The molecule has 1 saturated carbocycles. The van der Waals surface area contributed by atoms with Crippen molar-refractivity contribution in [1.82, 2.24) is 5.32 Å². The van der Waals surface area contributed by atoms with Gasteiger partial charge in [0.2, 0.25) is 0 Å². The molecule has 0 spiro atoms. The molecule has 4 nitrogen and oxygen atoms in total. The summed E-state index contributed by atoms with van der Waals surface area (Å²) in [4.78, 5) is 11.5. The average Bonchev–Trinajstić information content (AvgIpc) is 2.35. The normalized spacial score (nSPS) is 22.1.